The Morgan fingerprint density at radius 3 is 2.92 bits per heavy atom. The maximum absolute atomic E-state index is 9.61. The summed E-state index contributed by atoms with van der Waals surface area (Å²) in [5.41, 5.74) is 5.61. The molecule has 6 heteroatoms. The van der Waals surface area contributed by atoms with Gasteiger partial charge in [-0.15, -0.1) is 0 Å². The molecule has 0 saturated heterocycles. The zero-order valence-corrected chi connectivity index (χ0v) is 14.3. The minimum atomic E-state index is 0.254. The van der Waals surface area contributed by atoms with Gasteiger partial charge in [-0.05, 0) is 41.5 Å². The molecular formula is C20H18N4O2. The van der Waals surface area contributed by atoms with Gasteiger partial charge in [0.1, 0.15) is 23.5 Å². The highest BCUT2D eigenvalue weighted by Crippen LogP contribution is 2.30. The molecule has 3 aromatic rings. The molecule has 0 saturated carbocycles. The number of hydrogen-bond donors (Lipinski definition) is 2. The first kappa shape index (κ1) is 16.1. The van der Waals surface area contributed by atoms with Crippen LogP contribution in [0.1, 0.15) is 16.8 Å². The summed E-state index contributed by atoms with van der Waals surface area (Å²) in [6.07, 6.45) is 3.98. The molecule has 0 radical (unpaired) electrons. The SMILES string of the molecule is COc1ccc(C2=Nc3cncnc3C2)cc1NCc1cccc(O)c1. The van der Waals surface area contributed by atoms with Crippen LogP contribution in [0.4, 0.5) is 11.4 Å². The lowest BCUT2D eigenvalue weighted by Gasteiger charge is -2.13. The number of rotatable bonds is 5. The van der Waals surface area contributed by atoms with E-state index in [1.807, 2.05) is 30.3 Å². The number of nitrogens with zero attached hydrogens (tertiary/aromatic N) is 3. The second-order valence-corrected chi connectivity index (χ2v) is 6.03. The van der Waals surface area contributed by atoms with Gasteiger partial charge in [0.15, 0.2) is 0 Å². The fraction of sp³-hybridized carbons (Fsp3) is 0.150. The van der Waals surface area contributed by atoms with Gasteiger partial charge in [-0.2, -0.15) is 0 Å². The van der Waals surface area contributed by atoms with Crippen molar-refractivity contribution in [1.82, 2.24) is 9.97 Å². The van der Waals surface area contributed by atoms with E-state index in [1.165, 1.54) is 0 Å². The van der Waals surface area contributed by atoms with Crippen molar-refractivity contribution >= 4 is 17.1 Å². The zero-order valence-electron chi connectivity index (χ0n) is 14.3. The number of ether oxygens (including phenoxy) is 1. The van der Waals surface area contributed by atoms with Gasteiger partial charge >= 0.3 is 0 Å². The number of fused-ring (bicyclic) bond motifs is 1. The first-order chi connectivity index (χ1) is 12.7. The van der Waals surface area contributed by atoms with E-state index >= 15 is 0 Å². The Morgan fingerprint density at radius 2 is 2.12 bits per heavy atom. The Morgan fingerprint density at radius 1 is 1.19 bits per heavy atom. The molecule has 1 aliphatic heterocycles. The van der Waals surface area contributed by atoms with Crippen LogP contribution in [0.3, 0.4) is 0 Å². The number of hydrogen-bond acceptors (Lipinski definition) is 6. The van der Waals surface area contributed by atoms with Crippen LogP contribution in [0, 0.1) is 0 Å². The third-order valence-electron chi connectivity index (χ3n) is 4.29. The van der Waals surface area contributed by atoms with E-state index in [0.717, 1.165) is 39.7 Å². The largest absolute Gasteiger partial charge is 0.508 e. The van der Waals surface area contributed by atoms with Crippen LogP contribution in [0.25, 0.3) is 0 Å². The fourth-order valence-electron chi connectivity index (χ4n) is 2.98. The number of aromatic nitrogens is 2. The highest BCUT2D eigenvalue weighted by Gasteiger charge is 2.18. The van der Waals surface area contributed by atoms with Crippen molar-refractivity contribution < 1.29 is 9.84 Å². The summed E-state index contributed by atoms with van der Waals surface area (Å²) in [5.74, 6) is 1.01. The Bertz CT molecular complexity index is 985. The molecule has 130 valence electrons. The molecule has 2 heterocycles. The van der Waals surface area contributed by atoms with Gasteiger partial charge in [-0.25, -0.2) is 15.0 Å². The van der Waals surface area contributed by atoms with E-state index in [9.17, 15) is 5.11 Å². The standard InChI is InChI=1S/C20H18N4O2/c1-26-20-6-5-14(16-9-17-19(24-16)11-21-12-23-17)8-18(20)22-10-13-3-2-4-15(25)7-13/h2-8,11-12,22,25H,9-10H2,1H3. The van der Waals surface area contributed by atoms with Crippen LogP contribution in [-0.2, 0) is 13.0 Å². The maximum Gasteiger partial charge on any atom is 0.142 e. The van der Waals surface area contributed by atoms with E-state index in [-0.39, 0.29) is 5.75 Å². The van der Waals surface area contributed by atoms with Gasteiger partial charge in [-0.3, -0.25) is 0 Å². The van der Waals surface area contributed by atoms with Crippen LogP contribution in [0.2, 0.25) is 0 Å². The number of phenolic OH excluding ortho intramolecular Hbond substituents is 1. The first-order valence-corrected chi connectivity index (χ1v) is 8.29. The van der Waals surface area contributed by atoms with Gasteiger partial charge in [0.05, 0.1) is 30.4 Å². The molecule has 2 aromatic carbocycles. The average molecular weight is 346 g/mol. The second kappa shape index (κ2) is 6.84. The summed E-state index contributed by atoms with van der Waals surface area (Å²) in [7, 11) is 1.65. The topological polar surface area (TPSA) is 79.6 Å². The highest BCUT2D eigenvalue weighted by molar-refractivity contribution is 6.06. The van der Waals surface area contributed by atoms with E-state index in [4.69, 9.17) is 4.74 Å². The fourth-order valence-corrected chi connectivity index (χ4v) is 2.98. The molecule has 4 rings (SSSR count). The van der Waals surface area contributed by atoms with Crippen molar-refractivity contribution in [2.24, 2.45) is 4.99 Å². The summed E-state index contributed by atoms with van der Waals surface area (Å²) < 4.78 is 5.46. The van der Waals surface area contributed by atoms with Crippen molar-refractivity contribution in [3.63, 3.8) is 0 Å². The van der Waals surface area contributed by atoms with Crippen LogP contribution < -0.4 is 10.1 Å². The lowest BCUT2D eigenvalue weighted by Crippen LogP contribution is -2.05. The molecular weight excluding hydrogens is 328 g/mol. The predicted molar refractivity (Wildman–Crippen MR) is 100 cm³/mol. The van der Waals surface area contributed by atoms with Crippen LogP contribution in [0.5, 0.6) is 11.5 Å². The average Bonchev–Trinajstić information content (AvgIpc) is 3.10. The smallest absolute Gasteiger partial charge is 0.142 e. The Labute approximate surface area is 151 Å². The number of aliphatic imine (C=N–C) groups is 1. The number of anilines is 1. The maximum atomic E-state index is 9.61. The summed E-state index contributed by atoms with van der Waals surface area (Å²) in [6, 6.07) is 13.1. The lowest BCUT2D eigenvalue weighted by atomic mass is 10.1. The molecule has 2 N–H and O–H groups in total. The van der Waals surface area contributed by atoms with E-state index in [0.29, 0.717) is 13.0 Å². The van der Waals surface area contributed by atoms with E-state index in [1.54, 1.807) is 31.8 Å². The Hall–Kier alpha value is -3.41. The van der Waals surface area contributed by atoms with Gasteiger partial charge in [0.2, 0.25) is 0 Å². The van der Waals surface area contributed by atoms with Crippen LogP contribution >= 0.6 is 0 Å². The minimum absolute atomic E-state index is 0.254. The molecule has 1 aliphatic rings. The molecule has 0 bridgehead atoms. The molecule has 1 aromatic heterocycles. The number of aromatic hydroxyl groups is 1. The second-order valence-electron chi connectivity index (χ2n) is 6.03. The minimum Gasteiger partial charge on any atom is -0.508 e. The molecule has 0 atom stereocenters. The van der Waals surface area contributed by atoms with E-state index < -0.39 is 0 Å². The zero-order chi connectivity index (χ0) is 17.9. The summed E-state index contributed by atoms with van der Waals surface area (Å²) in [6.45, 7) is 0.576. The van der Waals surface area contributed by atoms with Gasteiger partial charge < -0.3 is 15.2 Å². The van der Waals surface area contributed by atoms with Crippen LogP contribution in [-0.4, -0.2) is 27.9 Å². The summed E-state index contributed by atoms with van der Waals surface area (Å²) >= 11 is 0. The Balaban J connectivity index is 1.58. The third kappa shape index (κ3) is 3.21. The van der Waals surface area contributed by atoms with E-state index in [2.05, 4.69) is 20.3 Å². The summed E-state index contributed by atoms with van der Waals surface area (Å²) in [5, 5.41) is 13.0. The van der Waals surface area contributed by atoms with Crippen molar-refractivity contribution in [2.45, 2.75) is 13.0 Å². The quantitative estimate of drug-likeness (QED) is 0.739. The molecule has 6 nitrogen and oxygen atoms in total. The third-order valence-corrected chi connectivity index (χ3v) is 4.29. The first-order valence-electron chi connectivity index (χ1n) is 8.29. The predicted octanol–water partition coefficient (Wildman–Crippen LogP) is 3.48. The molecule has 0 fully saturated rings. The summed E-state index contributed by atoms with van der Waals surface area (Å²) in [4.78, 5) is 13.0. The number of benzene rings is 2. The van der Waals surface area contributed by atoms with Crippen LogP contribution in [0.15, 0.2) is 60.0 Å². The van der Waals surface area contributed by atoms with Gasteiger partial charge in [0.25, 0.3) is 0 Å². The van der Waals surface area contributed by atoms with Crippen molar-refractivity contribution in [3.8, 4) is 11.5 Å². The van der Waals surface area contributed by atoms with Crippen molar-refractivity contribution in [2.75, 3.05) is 12.4 Å². The number of phenols is 1. The molecule has 26 heavy (non-hydrogen) atoms. The number of methoxy groups -OCH3 is 1. The molecule has 0 spiro atoms. The Kier molecular flexibility index (Phi) is 4.23. The van der Waals surface area contributed by atoms with Crippen molar-refractivity contribution in [3.05, 3.63) is 71.8 Å². The molecule has 0 amide bonds. The van der Waals surface area contributed by atoms with Gasteiger partial charge in [-0.1, -0.05) is 12.1 Å². The lowest BCUT2D eigenvalue weighted by molar-refractivity contribution is 0.416. The van der Waals surface area contributed by atoms with Crippen molar-refractivity contribution in [1.29, 1.82) is 0 Å². The molecule has 0 unspecified atom stereocenters. The molecule has 0 aliphatic carbocycles. The monoisotopic (exact) mass is 346 g/mol. The highest BCUT2D eigenvalue weighted by atomic mass is 16.5. The normalized spacial score (nSPS) is 12.4. The number of nitrogens with one attached hydrogen (secondary N) is 1. The van der Waals surface area contributed by atoms with Gasteiger partial charge in [0, 0.05) is 13.0 Å².